The van der Waals surface area contributed by atoms with Crippen molar-refractivity contribution in [3.05, 3.63) is 58.9 Å². The molecule has 0 spiro atoms. The van der Waals surface area contributed by atoms with Crippen LogP contribution in [-0.4, -0.2) is 6.29 Å². The average molecular weight is 255 g/mol. The van der Waals surface area contributed by atoms with Crippen LogP contribution in [0.25, 0.3) is 0 Å². The number of ether oxygens (including phenoxy) is 1. The van der Waals surface area contributed by atoms with E-state index in [1.807, 2.05) is 6.07 Å². The highest BCUT2D eigenvalue weighted by molar-refractivity contribution is 5.76. The zero-order valence-corrected chi connectivity index (χ0v) is 10.2. The fourth-order valence-electron chi connectivity index (χ4n) is 1.60. The van der Waals surface area contributed by atoms with Crippen molar-refractivity contribution in [1.82, 2.24) is 0 Å². The van der Waals surface area contributed by atoms with Gasteiger partial charge in [0.1, 0.15) is 29.7 Å². The molecule has 0 atom stereocenters. The second kappa shape index (κ2) is 5.32. The Kier molecular flexibility index (Phi) is 3.58. The number of nitrogens with zero attached hydrogens (tertiary/aromatic N) is 1. The Morgan fingerprint density at radius 2 is 2.05 bits per heavy atom. The number of aryl methyl sites for hydroxylation is 1. The summed E-state index contributed by atoms with van der Waals surface area (Å²) < 4.78 is 18.7. The first-order chi connectivity index (χ1) is 9.13. The molecule has 0 saturated heterocycles. The van der Waals surface area contributed by atoms with Crippen LogP contribution in [0.15, 0.2) is 36.4 Å². The number of nitriles is 1. The normalized spacial score (nSPS) is 9.74. The molecular formula is C15H10FNO2. The zero-order valence-electron chi connectivity index (χ0n) is 10.2. The number of aldehydes is 1. The molecule has 0 fully saturated rings. The van der Waals surface area contributed by atoms with Gasteiger partial charge in [-0.1, -0.05) is 0 Å². The van der Waals surface area contributed by atoms with Crippen molar-refractivity contribution in [2.75, 3.05) is 0 Å². The third kappa shape index (κ3) is 2.78. The van der Waals surface area contributed by atoms with Gasteiger partial charge in [0.05, 0.1) is 5.56 Å². The lowest BCUT2D eigenvalue weighted by Crippen LogP contribution is -1.92. The van der Waals surface area contributed by atoms with Crippen molar-refractivity contribution in [3.8, 4) is 17.6 Å². The molecule has 2 aromatic rings. The van der Waals surface area contributed by atoms with Crippen LogP contribution >= 0.6 is 0 Å². The van der Waals surface area contributed by atoms with E-state index in [4.69, 9.17) is 10.00 Å². The second-order valence-corrected chi connectivity index (χ2v) is 4.00. The molecular weight excluding hydrogens is 245 g/mol. The minimum Gasteiger partial charge on any atom is -0.456 e. The van der Waals surface area contributed by atoms with E-state index in [9.17, 15) is 9.18 Å². The molecule has 2 aromatic carbocycles. The average Bonchev–Trinajstić information content (AvgIpc) is 2.43. The molecule has 4 heteroatoms. The van der Waals surface area contributed by atoms with Gasteiger partial charge in [-0.25, -0.2) is 4.39 Å². The van der Waals surface area contributed by atoms with Crippen LogP contribution in [0.2, 0.25) is 0 Å². The van der Waals surface area contributed by atoms with E-state index in [-0.39, 0.29) is 11.4 Å². The fraction of sp³-hybridized carbons (Fsp3) is 0.0667. The van der Waals surface area contributed by atoms with Gasteiger partial charge in [-0.2, -0.15) is 5.26 Å². The van der Waals surface area contributed by atoms with Crippen molar-refractivity contribution in [2.24, 2.45) is 0 Å². The van der Waals surface area contributed by atoms with Gasteiger partial charge in [0, 0.05) is 5.56 Å². The van der Waals surface area contributed by atoms with Gasteiger partial charge < -0.3 is 4.74 Å². The fourth-order valence-corrected chi connectivity index (χ4v) is 1.60. The molecule has 0 aromatic heterocycles. The van der Waals surface area contributed by atoms with E-state index in [0.717, 1.165) is 0 Å². The molecule has 0 aliphatic heterocycles. The standard InChI is InChI=1S/C15H10FNO2/c1-10-6-13(3-4-14(10)16)19-15-5-2-11(9-18)7-12(15)8-17/h2-7,9H,1H3. The van der Waals surface area contributed by atoms with Crippen LogP contribution in [-0.2, 0) is 0 Å². The van der Waals surface area contributed by atoms with Crippen molar-refractivity contribution < 1.29 is 13.9 Å². The van der Waals surface area contributed by atoms with Crippen molar-refractivity contribution in [3.63, 3.8) is 0 Å². The maximum atomic E-state index is 13.1. The minimum atomic E-state index is -0.316. The molecule has 94 valence electrons. The predicted octanol–water partition coefficient (Wildman–Crippen LogP) is 3.61. The SMILES string of the molecule is Cc1cc(Oc2ccc(C=O)cc2C#N)ccc1F. The molecule has 0 radical (unpaired) electrons. The largest absolute Gasteiger partial charge is 0.456 e. The van der Waals surface area contributed by atoms with Gasteiger partial charge in [-0.15, -0.1) is 0 Å². The number of benzene rings is 2. The van der Waals surface area contributed by atoms with E-state index < -0.39 is 0 Å². The third-order valence-electron chi connectivity index (χ3n) is 2.62. The molecule has 0 bridgehead atoms. The highest BCUT2D eigenvalue weighted by atomic mass is 19.1. The summed E-state index contributed by atoms with van der Waals surface area (Å²) in [7, 11) is 0. The molecule has 0 saturated carbocycles. The third-order valence-corrected chi connectivity index (χ3v) is 2.62. The Morgan fingerprint density at radius 3 is 2.68 bits per heavy atom. The van der Waals surface area contributed by atoms with Crippen molar-refractivity contribution in [2.45, 2.75) is 6.92 Å². The number of carbonyl (C=O) groups excluding carboxylic acids is 1. The lowest BCUT2D eigenvalue weighted by molar-refractivity contribution is 0.112. The maximum Gasteiger partial charge on any atom is 0.150 e. The molecule has 0 N–H and O–H groups in total. The van der Waals surface area contributed by atoms with Gasteiger partial charge in [-0.05, 0) is 48.9 Å². The number of rotatable bonds is 3. The van der Waals surface area contributed by atoms with Crippen LogP contribution in [0, 0.1) is 24.1 Å². The molecule has 0 heterocycles. The quantitative estimate of drug-likeness (QED) is 0.787. The Bertz CT molecular complexity index is 674. The summed E-state index contributed by atoms with van der Waals surface area (Å²) in [5.74, 6) is 0.456. The Labute approximate surface area is 109 Å². The molecule has 3 nitrogen and oxygen atoms in total. The van der Waals surface area contributed by atoms with Crippen molar-refractivity contribution in [1.29, 1.82) is 5.26 Å². The minimum absolute atomic E-state index is 0.256. The molecule has 0 unspecified atom stereocenters. The van der Waals surface area contributed by atoms with Crippen LogP contribution < -0.4 is 4.74 Å². The molecule has 0 aliphatic carbocycles. The first kappa shape index (κ1) is 12.8. The lowest BCUT2D eigenvalue weighted by atomic mass is 10.1. The van der Waals surface area contributed by atoms with Gasteiger partial charge in [0.2, 0.25) is 0 Å². The molecule has 0 aliphatic rings. The molecule has 2 rings (SSSR count). The maximum absolute atomic E-state index is 13.1. The van der Waals surface area contributed by atoms with E-state index in [2.05, 4.69) is 0 Å². The second-order valence-electron chi connectivity index (χ2n) is 4.00. The van der Waals surface area contributed by atoms with E-state index in [1.54, 1.807) is 25.1 Å². The summed E-state index contributed by atoms with van der Waals surface area (Å²) in [5.41, 5.74) is 1.12. The first-order valence-corrected chi connectivity index (χ1v) is 5.57. The Balaban J connectivity index is 2.35. The van der Waals surface area contributed by atoms with Gasteiger partial charge >= 0.3 is 0 Å². The van der Waals surface area contributed by atoms with Crippen LogP contribution in [0.4, 0.5) is 4.39 Å². The summed E-state index contributed by atoms with van der Waals surface area (Å²) in [6.07, 6.45) is 0.659. The summed E-state index contributed by atoms with van der Waals surface area (Å²) >= 11 is 0. The number of halogens is 1. The van der Waals surface area contributed by atoms with Gasteiger partial charge in [0.15, 0.2) is 0 Å². The highest BCUT2D eigenvalue weighted by Gasteiger charge is 2.07. The Hall–Kier alpha value is -2.67. The topological polar surface area (TPSA) is 50.1 Å². The number of hydrogen-bond donors (Lipinski definition) is 0. The highest BCUT2D eigenvalue weighted by Crippen LogP contribution is 2.26. The summed E-state index contributed by atoms with van der Waals surface area (Å²) in [4.78, 5) is 10.6. The summed E-state index contributed by atoms with van der Waals surface area (Å²) in [6.45, 7) is 1.63. The van der Waals surface area contributed by atoms with Crippen LogP contribution in [0.3, 0.4) is 0 Å². The molecule has 0 amide bonds. The van der Waals surface area contributed by atoms with Crippen molar-refractivity contribution >= 4 is 6.29 Å². The predicted molar refractivity (Wildman–Crippen MR) is 67.8 cm³/mol. The lowest BCUT2D eigenvalue weighted by Gasteiger charge is -2.08. The van der Waals surface area contributed by atoms with Gasteiger partial charge in [-0.3, -0.25) is 4.79 Å². The van der Waals surface area contributed by atoms with Crippen LogP contribution in [0.5, 0.6) is 11.5 Å². The summed E-state index contributed by atoms with van der Waals surface area (Å²) in [6, 6.07) is 10.8. The first-order valence-electron chi connectivity index (χ1n) is 5.57. The zero-order chi connectivity index (χ0) is 13.8. The summed E-state index contributed by atoms with van der Waals surface area (Å²) in [5, 5.41) is 9.01. The Morgan fingerprint density at radius 1 is 1.26 bits per heavy atom. The van der Waals surface area contributed by atoms with E-state index in [1.165, 1.54) is 18.2 Å². The van der Waals surface area contributed by atoms with Crippen LogP contribution in [0.1, 0.15) is 21.5 Å². The monoisotopic (exact) mass is 255 g/mol. The van der Waals surface area contributed by atoms with E-state index >= 15 is 0 Å². The van der Waals surface area contributed by atoms with E-state index in [0.29, 0.717) is 28.9 Å². The number of carbonyl (C=O) groups is 1. The van der Waals surface area contributed by atoms with Gasteiger partial charge in [0.25, 0.3) is 0 Å². The smallest absolute Gasteiger partial charge is 0.150 e. The molecule has 19 heavy (non-hydrogen) atoms. The number of hydrogen-bond acceptors (Lipinski definition) is 3.